The van der Waals surface area contributed by atoms with E-state index in [1.807, 2.05) is 0 Å². The largest absolute Gasteiger partial charge is 0.452 e. The Hall–Kier alpha value is -2.90. The van der Waals surface area contributed by atoms with Crippen LogP contribution in [0.15, 0.2) is 36.4 Å². The molecule has 28 heavy (non-hydrogen) atoms. The van der Waals surface area contributed by atoms with E-state index in [1.54, 1.807) is 25.2 Å². The van der Waals surface area contributed by atoms with E-state index in [0.29, 0.717) is 10.0 Å². The second-order valence-electron chi connectivity index (χ2n) is 6.12. The van der Waals surface area contributed by atoms with Crippen molar-refractivity contribution in [3.63, 3.8) is 0 Å². The Labute approximate surface area is 170 Å². The van der Waals surface area contributed by atoms with Crippen LogP contribution >= 0.6 is 23.2 Å². The third-order valence-electron chi connectivity index (χ3n) is 4.13. The number of carbonyl (C=O) groups excluding carboxylic acids is 4. The maximum Gasteiger partial charge on any atom is 0.338 e. The van der Waals surface area contributed by atoms with Crippen LogP contribution in [-0.4, -0.2) is 42.2 Å². The minimum Gasteiger partial charge on any atom is -0.452 e. The van der Waals surface area contributed by atoms with Crippen molar-refractivity contribution < 1.29 is 23.9 Å². The number of esters is 1. The molecule has 0 fully saturated rings. The van der Waals surface area contributed by atoms with Crippen molar-refractivity contribution in [1.82, 2.24) is 10.2 Å². The summed E-state index contributed by atoms with van der Waals surface area (Å²) in [6.45, 7) is -0.215. The van der Waals surface area contributed by atoms with E-state index >= 15 is 0 Å². The van der Waals surface area contributed by atoms with E-state index in [0.717, 1.165) is 5.56 Å². The number of imide groups is 1. The quantitative estimate of drug-likeness (QED) is 0.592. The number of nitrogens with one attached hydrogen (secondary N) is 1. The molecule has 0 spiro atoms. The van der Waals surface area contributed by atoms with Gasteiger partial charge in [-0.2, -0.15) is 0 Å². The second kappa shape index (κ2) is 8.00. The number of hydrogen-bond acceptors (Lipinski definition) is 5. The number of hydrogen-bond donors (Lipinski definition) is 1. The predicted octanol–water partition coefficient (Wildman–Crippen LogP) is 2.69. The number of rotatable bonds is 5. The summed E-state index contributed by atoms with van der Waals surface area (Å²) in [6, 6.07) is 9.01. The molecule has 144 valence electrons. The molecule has 1 heterocycles. The van der Waals surface area contributed by atoms with Crippen LogP contribution in [0.2, 0.25) is 10.0 Å². The van der Waals surface area contributed by atoms with Crippen LogP contribution in [0, 0.1) is 0 Å². The van der Waals surface area contributed by atoms with Crippen LogP contribution in [0.5, 0.6) is 0 Å². The predicted molar refractivity (Wildman–Crippen MR) is 101 cm³/mol. The summed E-state index contributed by atoms with van der Waals surface area (Å²) >= 11 is 11.8. The van der Waals surface area contributed by atoms with Gasteiger partial charge in [-0.05, 0) is 35.9 Å². The monoisotopic (exact) mass is 420 g/mol. The van der Waals surface area contributed by atoms with Gasteiger partial charge in [0.05, 0.1) is 26.7 Å². The van der Waals surface area contributed by atoms with E-state index < -0.39 is 30.3 Å². The molecule has 0 aromatic heterocycles. The minimum absolute atomic E-state index is 0.0727. The molecule has 2 aromatic rings. The molecule has 0 saturated carbocycles. The minimum atomic E-state index is -0.772. The Morgan fingerprint density at radius 2 is 1.71 bits per heavy atom. The average Bonchev–Trinajstić information content (AvgIpc) is 2.95. The first-order chi connectivity index (χ1) is 13.3. The molecule has 1 aliphatic rings. The molecule has 0 radical (unpaired) electrons. The maximum absolute atomic E-state index is 12.2. The first kappa shape index (κ1) is 19.9. The van der Waals surface area contributed by atoms with Crippen LogP contribution in [0.25, 0.3) is 0 Å². The molecule has 3 rings (SSSR count). The zero-order valence-corrected chi connectivity index (χ0v) is 16.1. The fraction of sp³-hybridized carbons (Fsp3) is 0.158. The van der Waals surface area contributed by atoms with Gasteiger partial charge in [0.25, 0.3) is 17.7 Å². The van der Waals surface area contributed by atoms with Crippen molar-refractivity contribution >= 4 is 46.9 Å². The van der Waals surface area contributed by atoms with Crippen LogP contribution in [-0.2, 0) is 16.1 Å². The summed E-state index contributed by atoms with van der Waals surface area (Å²) < 4.78 is 5.02. The molecule has 0 saturated heterocycles. The first-order valence-electron chi connectivity index (χ1n) is 8.11. The van der Waals surface area contributed by atoms with E-state index in [9.17, 15) is 19.2 Å². The van der Waals surface area contributed by atoms with Gasteiger partial charge in [-0.1, -0.05) is 29.3 Å². The molecule has 3 amide bonds. The summed E-state index contributed by atoms with van der Waals surface area (Å²) in [7, 11) is 1.56. The molecule has 1 N–H and O–H groups in total. The lowest BCUT2D eigenvalue weighted by Gasteiger charge is -2.17. The van der Waals surface area contributed by atoms with Crippen LogP contribution < -0.4 is 5.32 Å². The van der Waals surface area contributed by atoms with Crippen molar-refractivity contribution in [2.75, 3.05) is 13.7 Å². The molecule has 2 aromatic carbocycles. The first-order valence-corrected chi connectivity index (χ1v) is 8.86. The Bertz CT molecular complexity index is 1010. The van der Waals surface area contributed by atoms with Gasteiger partial charge in [-0.3, -0.25) is 19.7 Å². The van der Waals surface area contributed by atoms with Crippen LogP contribution in [0.1, 0.15) is 36.6 Å². The lowest BCUT2D eigenvalue weighted by Crippen LogP contribution is -2.30. The van der Waals surface area contributed by atoms with Gasteiger partial charge in [-0.15, -0.1) is 0 Å². The number of amides is 3. The number of benzene rings is 2. The second-order valence-corrected chi connectivity index (χ2v) is 6.93. The van der Waals surface area contributed by atoms with E-state index in [1.165, 1.54) is 23.1 Å². The van der Waals surface area contributed by atoms with Crippen LogP contribution in [0.3, 0.4) is 0 Å². The highest BCUT2D eigenvalue weighted by molar-refractivity contribution is 6.42. The van der Waals surface area contributed by atoms with Crippen molar-refractivity contribution in [1.29, 1.82) is 0 Å². The highest BCUT2D eigenvalue weighted by atomic mass is 35.5. The fourth-order valence-corrected chi connectivity index (χ4v) is 2.94. The maximum atomic E-state index is 12.2. The lowest BCUT2D eigenvalue weighted by atomic mass is 10.1. The molecule has 0 atom stereocenters. The third kappa shape index (κ3) is 4.16. The smallest absolute Gasteiger partial charge is 0.338 e. The molecule has 1 aliphatic heterocycles. The Balaban J connectivity index is 1.59. The molecule has 0 aliphatic carbocycles. The topological polar surface area (TPSA) is 92.8 Å². The van der Waals surface area contributed by atoms with Crippen molar-refractivity contribution in [3.05, 3.63) is 68.7 Å². The summed E-state index contributed by atoms with van der Waals surface area (Å²) in [5.41, 5.74) is 1.14. The Morgan fingerprint density at radius 1 is 1.00 bits per heavy atom. The molecular weight excluding hydrogens is 407 g/mol. The zero-order valence-electron chi connectivity index (χ0n) is 14.6. The Kier molecular flexibility index (Phi) is 5.67. The van der Waals surface area contributed by atoms with Gasteiger partial charge in [-0.25, -0.2) is 4.79 Å². The van der Waals surface area contributed by atoms with Gasteiger partial charge in [0.1, 0.15) is 0 Å². The van der Waals surface area contributed by atoms with Crippen molar-refractivity contribution in [3.8, 4) is 0 Å². The summed E-state index contributed by atoms with van der Waals surface area (Å²) in [6.07, 6.45) is 0. The number of nitrogens with zero attached hydrogens (tertiary/aromatic N) is 1. The number of ether oxygens (including phenoxy) is 1. The molecular formula is C19H14Cl2N2O5. The standard InChI is InChI=1S/C19H14Cl2N2O5/c1-23(8-10-2-5-14(20)15(21)6-10)16(24)9-28-19(27)11-3-4-12-13(7-11)18(26)22-17(12)25/h2-7H,8-9H2,1H3,(H,22,25,26). The van der Waals surface area contributed by atoms with Gasteiger partial charge in [0.2, 0.25) is 0 Å². The lowest BCUT2D eigenvalue weighted by molar-refractivity contribution is -0.133. The molecule has 0 bridgehead atoms. The number of fused-ring (bicyclic) bond motifs is 1. The number of halogens is 2. The van der Waals surface area contributed by atoms with Crippen molar-refractivity contribution in [2.45, 2.75) is 6.54 Å². The van der Waals surface area contributed by atoms with Crippen LogP contribution in [0.4, 0.5) is 0 Å². The van der Waals surface area contributed by atoms with Gasteiger partial charge in [0.15, 0.2) is 6.61 Å². The van der Waals surface area contributed by atoms with E-state index in [4.69, 9.17) is 27.9 Å². The fourth-order valence-electron chi connectivity index (χ4n) is 2.62. The summed E-state index contributed by atoms with van der Waals surface area (Å²) in [4.78, 5) is 48.9. The highest BCUT2D eigenvalue weighted by Gasteiger charge is 2.28. The number of likely N-dealkylation sites (N-methyl/N-ethyl adjacent to an activating group) is 1. The zero-order chi connectivity index (χ0) is 20.4. The summed E-state index contributed by atoms with van der Waals surface area (Å²) in [5, 5.41) is 2.93. The van der Waals surface area contributed by atoms with Gasteiger partial charge < -0.3 is 9.64 Å². The normalized spacial score (nSPS) is 12.4. The molecule has 0 unspecified atom stereocenters. The summed E-state index contributed by atoms with van der Waals surface area (Å²) in [5.74, 6) is -2.29. The average molecular weight is 421 g/mol. The Morgan fingerprint density at radius 3 is 2.43 bits per heavy atom. The molecule has 7 nitrogen and oxygen atoms in total. The number of carbonyl (C=O) groups is 4. The highest BCUT2D eigenvalue weighted by Crippen LogP contribution is 2.23. The SMILES string of the molecule is CN(Cc1ccc(Cl)c(Cl)c1)C(=O)COC(=O)c1ccc2c(c1)C(=O)NC2=O. The third-order valence-corrected chi connectivity index (χ3v) is 4.87. The van der Waals surface area contributed by atoms with Gasteiger partial charge in [0, 0.05) is 13.6 Å². The van der Waals surface area contributed by atoms with Crippen molar-refractivity contribution in [2.24, 2.45) is 0 Å². The van der Waals surface area contributed by atoms with Gasteiger partial charge >= 0.3 is 5.97 Å². The van der Waals surface area contributed by atoms with E-state index in [-0.39, 0.29) is 23.2 Å². The van der Waals surface area contributed by atoms with E-state index in [2.05, 4.69) is 5.32 Å². The molecule has 9 heteroatoms.